The summed E-state index contributed by atoms with van der Waals surface area (Å²) < 4.78 is 7.40. The van der Waals surface area contributed by atoms with Crippen LogP contribution in [0.4, 0.5) is 0 Å². The first-order chi connectivity index (χ1) is 14.6. The van der Waals surface area contributed by atoms with Crippen molar-refractivity contribution in [3.63, 3.8) is 0 Å². The lowest BCUT2D eigenvalue weighted by Crippen LogP contribution is -2.60. The molecule has 2 spiro atoms. The summed E-state index contributed by atoms with van der Waals surface area (Å²) in [5.41, 5.74) is 2.40. The maximum absolute atomic E-state index is 7.40. The standard InChI is InChI=1S/C28H35NO/c1-26-12-9-23-17-22-4-2-3-11-27(22)13-14-28(23,30-27)25(26)8-7-24(26)20-6-5-19-10-15-29-18-21(19)16-20/h5-6,10,15-16,18,22-25H,2-4,7-9,11-14,17H2,1H3/t22?,23?,24-,25-,26-,27+,28-/m1/s1. The van der Waals surface area contributed by atoms with E-state index in [0.717, 1.165) is 17.8 Å². The Morgan fingerprint density at radius 1 is 0.900 bits per heavy atom. The van der Waals surface area contributed by atoms with E-state index in [9.17, 15) is 0 Å². The Balaban J connectivity index is 1.26. The quantitative estimate of drug-likeness (QED) is 0.512. The topological polar surface area (TPSA) is 22.1 Å². The molecule has 0 amide bonds. The Bertz CT molecular complexity index is 1000. The second kappa shape index (κ2) is 6.09. The minimum atomic E-state index is 0.202. The van der Waals surface area contributed by atoms with Gasteiger partial charge in [-0.1, -0.05) is 31.9 Å². The third-order valence-electron chi connectivity index (χ3n) is 10.8. The van der Waals surface area contributed by atoms with Crippen molar-refractivity contribution in [2.75, 3.05) is 0 Å². The number of fused-ring (bicyclic) bond motifs is 2. The highest BCUT2D eigenvalue weighted by Crippen LogP contribution is 2.71. The van der Waals surface area contributed by atoms with Gasteiger partial charge in [-0.2, -0.15) is 0 Å². The zero-order valence-electron chi connectivity index (χ0n) is 18.4. The van der Waals surface area contributed by atoms with Crippen molar-refractivity contribution in [1.29, 1.82) is 0 Å². The van der Waals surface area contributed by atoms with Crippen molar-refractivity contribution in [3.8, 4) is 0 Å². The predicted molar refractivity (Wildman–Crippen MR) is 120 cm³/mol. The van der Waals surface area contributed by atoms with E-state index in [1.165, 1.54) is 81.4 Å². The van der Waals surface area contributed by atoms with Gasteiger partial charge < -0.3 is 4.74 Å². The van der Waals surface area contributed by atoms with Gasteiger partial charge in [0.25, 0.3) is 0 Å². The molecule has 1 aromatic heterocycles. The van der Waals surface area contributed by atoms with E-state index in [1.807, 2.05) is 12.4 Å². The van der Waals surface area contributed by atoms with Crippen LogP contribution in [0.3, 0.4) is 0 Å². The van der Waals surface area contributed by atoms with Crippen molar-refractivity contribution < 1.29 is 4.74 Å². The molecule has 5 aliphatic rings. The molecule has 158 valence electrons. The van der Waals surface area contributed by atoms with E-state index in [1.54, 1.807) is 5.56 Å². The Morgan fingerprint density at radius 3 is 2.83 bits per heavy atom. The van der Waals surface area contributed by atoms with Crippen LogP contribution in [-0.4, -0.2) is 16.2 Å². The van der Waals surface area contributed by atoms with Gasteiger partial charge in [-0.25, -0.2) is 0 Å². The van der Waals surface area contributed by atoms with Crippen molar-refractivity contribution >= 4 is 10.8 Å². The first kappa shape index (κ1) is 18.2. The molecule has 3 aliphatic carbocycles. The first-order valence-corrected chi connectivity index (χ1v) is 12.7. The molecule has 2 saturated heterocycles. The second-order valence-electron chi connectivity index (χ2n) is 11.7. The van der Waals surface area contributed by atoms with Gasteiger partial charge in [0, 0.05) is 17.8 Å². The molecule has 2 heteroatoms. The molecule has 2 unspecified atom stereocenters. The summed E-state index contributed by atoms with van der Waals surface area (Å²) in [5, 5.41) is 2.61. The largest absolute Gasteiger partial charge is 0.368 e. The zero-order valence-corrected chi connectivity index (χ0v) is 18.4. The zero-order chi connectivity index (χ0) is 20.0. The number of benzene rings is 1. The molecular weight excluding hydrogens is 366 g/mol. The van der Waals surface area contributed by atoms with Gasteiger partial charge >= 0.3 is 0 Å². The summed E-state index contributed by atoms with van der Waals surface area (Å²) in [5.74, 6) is 3.11. The molecule has 3 heterocycles. The van der Waals surface area contributed by atoms with Gasteiger partial charge in [0.15, 0.2) is 0 Å². The number of hydrogen-bond acceptors (Lipinski definition) is 2. The van der Waals surface area contributed by atoms with Crippen LogP contribution in [0.1, 0.15) is 89.0 Å². The lowest BCUT2D eigenvalue weighted by molar-refractivity contribution is -0.256. The SMILES string of the molecule is C[C@]12CCC3CC4CCCC[C@]45CC[C@]3(O5)[C@@H]1CC[C@@H]2c1ccc2ccncc2c1. The molecule has 3 saturated carbocycles. The molecule has 1 aromatic carbocycles. The monoisotopic (exact) mass is 401 g/mol. The lowest BCUT2D eigenvalue weighted by Gasteiger charge is -2.60. The summed E-state index contributed by atoms with van der Waals surface area (Å²) >= 11 is 0. The molecule has 2 aliphatic heterocycles. The average Bonchev–Trinajstić information content (AvgIpc) is 3.29. The number of hydrogen-bond donors (Lipinski definition) is 0. The Hall–Kier alpha value is -1.41. The van der Waals surface area contributed by atoms with Crippen LogP contribution in [0.25, 0.3) is 10.8 Å². The molecule has 2 aromatic rings. The maximum atomic E-state index is 7.40. The van der Waals surface area contributed by atoms with Gasteiger partial charge in [0.2, 0.25) is 0 Å². The molecule has 7 rings (SSSR count). The summed E-state index contributed by atoms with van der Waals surface area (Å²) in [6, 6.07) is 9.32. The predicted octanol–water partition coefficient (Wildman–Crippen LogP) is 7.03. The molecule has 30 heavy (non-hydrogen) atoms. The number of nitrogens with zero attached hydrogens (tertiary/aromatic N) is 1. The van der Waals surface area contributed by atoms with Crippen LogP contribution in [0.15, 0.2) is 36.7 Å². The van der Waals surface area contributed by atoms with Crippen LogP contribution < -0.4 is 0 Å². The summed E-state index contributed by atoms with van der Waals surface area (Å²) in [6.45, 7) is 2.63. The van der Waals surface area contributed by atoms with E-state index < -0.39 is 0 Å². The third kappa shape index (κ3) is 2.22. The minimum Gasteiger partial charge on any atom is -0.368 e. The van der Waals surface area contributed by atoms with Crippen LogP contribution in [-0.2, 0) is 4.74 Å². The number of rotatable bonds is 1. The molecule has 7 atom stereocenters. The Kier molecular flexibility index (Phi) is 3.69. The van der Waals surface area contributed by atoms with Gasteiger partial charge in [-0.05, 0) is 110 Å². The maximum Gasteiger partial charge on any atom is 0.0752 e. The van der Waals surface area contributed by atoms with E-state index >= 15 is 0 Å². The Morgan fingerprint density at radius 2 is 1.87 bits per heavy atom. The highest BCUT2D eigenvalue weighted by atomic mass is 16.5. The number of ether oxygens (including phenoxy) is 1. The fourth-order valence-corrected chi connectivity index (χ4v) is 9.43. The molecule has 2 bridgehead atoms. The van der Waals surface area contributed by atoms with Gasteiger partial charge in [0.05, 0.1) is 11.2 Å². The fourth-order valence-electron chi connectivity index (χ4n) is 9.43. The van der Waals surface area contributed by atoms with Gasteiger partial charge in [0.1, 0.15) is 0 Å². The van der Waals surface area contributed by atoms with Crippen LogP contribution in [0, 0.1) is 23.2 Å². The highest BCUT2D eigenvalue weighted by molar-refractivity contribution is 5.82. The van der Waals surface area contributed by atoms with Crippen molar-refractivity contribution in [3.05, 3.63) is 42.2 Å². The lowest BCUT2D eigenvalue weighted by atomic mass is 9.53. The van der Waals surface area contributed by atoms with E-state index in [2.05, 4.69) is 36.2 Å². The average molecular weight is 402 g/mol. The van der Waals surface area contributed by atoms with Crippen molar-refractivity contribution in [2.45, 2.75) is 94.7 Å². The van der Waals surface area contributed by atoms with E-state index in [0.29, 0.717) is 11.3 Å². The minimum absolute atomic E-state index is 0.202. The van der Waals surface area contributed by atoms with Gasteiger partial charge in [-0.3, -0.25) is 4.98 Å². The highest BCUT2D eigenvalue weighted by Gasteiger charge is 2.69. The fraction of sp³-hybridized carbons (Fsp3) is 0.679. The summed E-state index contributed by atoms with van der Waals surface area (Å²) in [7, 11) is 0. The van der Waals surface area contributed by atoms with E-state index in [-0.39, 0.29) is 11.2 Å². The first-order valence-electron chi connectivity index (χ1n) is 12.7. The summed E-state index contributed by atoms with van der Waals surface area (Å²) in [4.78, 5) is 4.38. The van der Waals surface area contributed by atoms with Crippen LogP contribution >= 0.6 is 0 Å². The summed E-state index contributed by atoms with van der Waals surface area (Å²) in [6.07, 6.45) is 19.2. The van der Waals surface area contributed by atoms with E-state index in [4.69, 9.17) is 4.74 Å². The van der Waals surface area contributed by atoms with Gasteiger partial charge in [-0.15, -0.1) is 0 Å². The molecule has 5 fully saturated rings. The van der Waals surface area contributed by atoms with Crippen molar-refractivity contribution in [1.82, 2.24) is 4.98 Å². The Labute approximate surface area is 180 Å². The molecule has 2 nitrogen and oxygen atoms in total. The van der Waals surface area contributed by atoms with Crippen LogP contribution in [0.2, 0.25) is 0 Å². The number of aromatic nitrogens is 1. The second-order valence-corrected chi connectivity index (χ2v) is 11.7. The molecule has 0 radical (unpaired) electrons. The molecular formula is C28H35NO. The normalized spacial score (nSPS) is 47.0. The smallest absolute Gasteiger partial charge is 0.0752 e. The van der Waals surface area contributed by atoms with Crippen molar-refractivity contribution in [2.24, 2.45) is 23.2 Å². The number of pyridine rings is 1. The molecule has 0 N–H and O–H groups in total. The third-order valence-corrected chi connectivity index (χ3v) is 10.8. The van der Waals surface area contributed by atoms with Crippen LogP contribution in [0.5, 0.6) is 0 Å².